The largest absolute Gasteiger partial charge is 0.480 e. The van der Waals surface area contributed by atoms with Crippen molar-refractivity contribution in [3.63, 3.8) is 0 Å². The summed E-state index contributed by atoms with van der Waals surface area (Å²) in [5, 5.41) is 29.1. The molecular weight excluding hydrogens is 689 g/mol. The number of rotatable bonds is 14. The van der Waals surface area contributed by atoms with Crippen molar-refractivity contribution in [2.75, 3.05) is 29.1 Å². The van der Waals surface area contributed by atoms with E-state index in [9.17, 15) is 37.5 Å². The third kappa shape index (κ3) is 9.78. The van der Waals surface area contributed by atoms with Gasteiger partial charge in [-0.1, -0.05) is 23.7 Å². The second-order valence-electron chi connectivity index (χ2n) is 10.9. The number of hydrogen-bond acceptors (Lipinski definition) is 11. The minimum atomic E-state index is -4.64. The number of carbonyl (C=O) groups is 4. The number of benzene rings is 2. The van der Waals surface area contributed by atoms with Crippen molar-refractivity contribution in [3.05, 3.63) is 76.9 Å². The van der Waals surface area contributed by atoms with Crippen molar-refractivity contribution in [2.24, 2.45) is 0 Å². The van der Waals surface area contributed by atoms with Gasteiger partial charge in [-0.2, -0.15) is 33.2 Å². The van der Waals surface area contributed by atoms with Gasteiger partial charge in [-0.3, -0.25) is 19.5 Å². The molecule has 0 unspecified atom stereocenters. The van der Waals surface area contributed by atoms with E-state index < -0.39 is 54.1 Å². The van der Waals surface area contributed by atoms with Crippen LogP contribution in [0.5, 0.6) is 6.01 Å². The van der Waals surface area contributed by atoms with Crippen molar-refractivity contribution in [3.8, 4) is 6.01 Å². The number of carboxylic acid groups (broad SMARTS) is 1. The minimum absolute atomic E-state index is 0.0441. The second kappa shape index (κ2) is 15.1. The molecule has 0 bridgehead atoms. The zero-order valence-corrected chi connectivity index (χ0v) is 26.4. The highest BCUT2D eigenvalue weighted by atomic mass is 35.5. The van der Waals surface area contributed by atoms with Crippen LogP contribution >= 0.6 is 11.6 Å². The second-order valence-corrected chi connectivity index (χ2v) is 11.3. The lowest BCUT2D eigenvalue weighted by atomic mass is 10.1. The van der Waals surface area contributed by atoms with E-state index in [1.807, 2.05) is 12.1 Å². The Morgan fingerprint density at radius 1 is 0.960 bits per heavy atom. The van der Waals surface area contributed by atoms with Gasteiger partial charge >= 0.3 is 30.0 Å². The maximum atomic E-state index is 12.9. The number of H-pyrrole nitrogens is 1. The highest BCUT2D eigenvalue weighted by Gasteiger charge is 2.45. The molecule has 0 spiro atoms. The molecule has 0 aliphatic heterocycles. The van der Waals surface area contributed by atoms with E-state index in [4.69, 9.17) is 16.3 Å². The summed E-state index contributed by atoms with van der Waals surface area (Å²) < 4.78 is 43.5. The van der Waals surface area contributed by atoms with Crippen LogP contribution in [0.2, 0.25) is 5.02 Å². The summed E-state index contributed by atoms with van der Waals surface area (Å²) >= 11 is 6.01. The standard InChI is InChI=1S/C30H28ClF3N10O6/c31-18-5-3-17(4-6-18)29(11-12-29)43-27-40-26(41-28(42-27)50-15-30(32,33)34)37-19-7-1-16(2-8-19)22(45)38-20(25(48)49)9-13-35-23(46)24(47)39-21-10-14-36-44-21/h1-8,10,14,20H,9,11-13,15H2,(H,35,46)(H,38,45)(H,48,49)(H2,36,39,44,47)(H2,37,40,41,42,43)/t20-/m0/s1. The molecule has 2 aromatic heterocycles. The number of alkyl halides is 3. The fourth-order valence-electron chi connectivity index (χ4n) is 4.52. The highest BCUT2D eigenvalue weighted by Crippen LogP contribution is 2.48. The zero-order valence-electron chi connectivity index (χ0n) is 25.7. The third-order valence-electron chi connectivity index (χ3n) is 7.15. The van der Waals surface area contributed by atoms with Gasteiger partial charge in [-0.25, -0.2) is 4.79 Å². The normalized spacial score (nSPS) is 13.8. The molecular formula is C30H28ClF3N10O6. The number of ether oxygens (including phenoxy) is 1. The van der Waals surface area contributed by atoms with Crippen LogP contribution in [0.4, 0.5) is 36.6 Å². The van der Waals surface area contributed by atoms with E-state index in [-0.39, 0.29) is 36.2 Å². The van der Waals surface area contributed by atoms with Crippen LogP contribution in [0.3, 0.4) is 0 Å². The van der Waals surface area contributed by atoms with Crippen molar-refractivity contribution >= 4 is 58.7 Å². The average molecular weight is 717 g/mol. The Hall–Kier alpha value is -5.98. The van der Waals surface area contributed by atoms with Crippen LogP contribution in [0.1, 0.15) is 35.2 Å². The molecule has 50 heavy (non-hydrogen) atoms. The fraction of sp³-hybridized carbons (Fsp3) is 0.267. The SMILES string of the molecule is O=C(NCC[C@H](NC(=O)c1ccc(Nc2nc(NC3(c4ccc(Cl)cc4)CC3)nc(OCC(F)(F)F)n2)cc1)C(=O)O)C(=O)Nc1cc[nH]n1. The smallest absolute Gasteiger partial charge is 0.422 e. The molecule has 0 radical (unpaired) electrons. The summed E-state index contributed by atoms with van der Waals surface area (Å²) in [7, 11) is 0. The van der Waals surface area contributed by atoms with Gasteiger partial charge in [-0.05, 0) is 61.2 Å². The number of hydrogen-bond donors (Lipinski definition) is 7. The van der Waals surface area contributed by atoms with Crippen LogP contribution in [0.25, 0.3) is 0 Å². The number of carboxylic acids is 1. The predicted octanol–water partition coefficient (Wildman–Crippen LogP) is 3.36. The molecule has 2 heterocycles. The van der Waals surface area contributed by atoms with Crippen LogP contribution in [0.15, 0.2) is 60.8 Å². The van der Waals surface area contributed by atoms with Gasteiger partial charge in [0.1, 0.15) is 6.04 Å². The first-order chi connectivity index (χ1) is 23.8. The fourth-order valence-corrected chi connectivity index (χ4v) is 4.65. The van der Waals surface area contributed by atoms with Gasteiger partial charge in [0.25, 0.3) is 5.91 Å². The molecule has 1 atom stereocenters. The number of amides is 3. The Labute approximate surface area is 285 Å². The maximum absolute atomic E-state index is 12.9. The Morgan fingerprint density at radius 2 is 1.66 bits per heavy atom. The van der Waals surface area contributed by atoms with E-state index in [0.717, 1.165) is 5.56 Å². The van der Waals surface area contributed by atoms with Crippen LogP contribution in [-0.2, 0) is 19.9 Å². The lowest BCUT2D eigenvalue weighted by molar-refractivity contribution is -0.154. The van der Waals surface area contributed by atoms with E-state index >= 15 is 0 Å². The molecule has 1 fully saturated rings. The summed E-state index contributed by atoms with van der Waals surface area (Å²) in [5.74, 6) is -4.25. The molecule has 4 aromatic rings. The lowest BCUT2D eigenvalue weighted by Gasteiger charge is -2.19. The number of nitrogens with one attached hydrogen (secondary N) is 6. The lowest BCUT2D eigenvalue weighted by Crippen LogP contribution is -2.44. The molecule has 1 saturated carbocycles. The van der Waals surface area contributed by atoms with E-state index in [1.165, 1.54) is 36.5 Å². The Morgan fingerprint density at radius 3 is 2.28 bits per heavy atom. The monoisotopic (exact) mass is 716 g/mol. The molecule has 0 saturated heterocycles. The number of aromatic nitrogens is 5. The van der Waals surface area contributed by atoms with Crippen molar-refractivity contribution < 1.29 is 42.2 Å². The zero-order chi connectivity index (χ0) is 35.9. The van der Waals surface area contributed by atoms with Crippen molar-refractivity contribution in [1.82, 2.24) is 35.8 Å². The first kappa shape index (κ1) is 35.3. The van der Waals surface area contributed by atoms with Crippen LogP contribution in [-0.4, -0.2) is 79.3 Å². The summed E-state index contributed by atoms with van der Waals surface area (Å²) in [6, 6.07) is 12.1. The van der Waals surface area contributed by atoms with Crippen LogP contribution in [0, 0.1) is 0 Å². The molecule has 3 amide bonds. The van der Waals surface area contributed by atoms with Crippen LogP contribution < -0.4 is 31.3 Å². The van der Waals surface area contributed by atoms with Crippen molar-refractivity contribution in [1.29, 1.82) is 0 Å². The maximum Gasteiger partial charge on any atom is 0.422 e. The highest BCUT2D eigenvalue weighted by molar-refractivity contribution is 6.39. The van der Waals surface area contributed by atoms with Gasteiger partial charge in [-0.15, -0.1) is 0 Å². The average Bonchev–Trinajstić information content (AvgIpc) is 3.66. The van der Waals surface area contributed by atoms with E-state index in [0.29, 0.717) is 23.6 Å². The summed E-state index contributed by atoms with van der Waals surface area (Å²) in [6.45, 7) is -1.88. The summed E-state index contributed by atoms with van der Waals surface area (Å²) in [4.78, 5) is 60.7. The van der Waals surface area contributed by atoms with Gasteiger partial charge < -0.3 is 36.4 Å². The van der Waals surface area contributed by atoms with Gasteiger partial charge in [0.15, 0.2) is 12.4 Å². The predicted molar refractivity (Wildman–Crippen MR) is 171 cm³/mol. The number of aromatic amines is 1. The number of aliphatic carboxylic acids is 1. The first-order valence-electron chi connectivity index (χ1n) is 14.8. The molecule has 2 aromatic carbocycles. The van der Waals surface area contributed by atoms with Gasteiger partial charge in [0.2, 0.25) is 11.9 Å². The first-order valence-corrected chi connectivity index (χ1v) is 15.2. The number of carbonyl (C=O) groups excluding carboxylic acids is 3. The topological polar surface area (TPSA) is 225 Å². The van der Waals surface area contributed by atoms with Gasteiger partial charge in [0, 0.05) is 35.1 Å². The van der Waals surface area contributed by atoms with Gasteiger partial charge in [0.05, 0.1) is 5.54 Å². The number of anilines is 4. The molecule has 262 valence electrons. The Balaban J connectivity index is 1.21. The summed E-state index contributed by atoms with van der Waals surface area (Å²) in [5.41, 5.74) is 0.709. The quantitative estimate of drug-likeness (QED) is 0.0933. The van der Waals surface area contributed by atoms with E-state index in [2.05, 4.69) is 51.7 Å². The molecule has 7 N–H and O–H groups in total. The van der Waals surface area contributed by atoms with Crippen molar-refractivity contribution in [2.45, 2.75) is 37.0 Å². The Bertz CT molecular complexity index is 1840. The minimum Gasteiger partial charge on any atom is -0.480 e. The molecule has 16 nitrogen and oxygen atoms in total. The third-order valence-corrected chi connectivity index (χ3v) is 7.40. The number of nitrogens with zero attached hydrogens (tertiary/aromatic N) is 4. The molecule has 5 rings (SSSR count). The molecule has 20 heteroatoms. The number of halogens is 4. The van der Waals surface area contributed by atoms with E-state index in [1.54, 1.807) is 12.1 Å². The summed E-state index contributed by atoms with van der Waals surface area (Å²) in [6.07, 6.45) is -2.05. The Kier molecular flexibility index (Phi) is 10.6. The molecule has 1 aliphatic rings. The molecule has 1 aliphatic carbocycles.